The molecule has 0 amide bonds. The van der Waals surface area contributed by atoms with Gasteiger partial charge in [-0.25, -0.2) is 0 Å². The van der Waals surface area contributed by atoms with E-state index in [1.807, 2.05) is 12.1 Å². The molecule has 1 heterocycles. The average Bonchev–Trinajstić information content (AvgIpc) is 2.92. The Labute approximate surface area is 136 Å². The number of benzene rings is 2. The fraction of sp³-hybridized carbons (Fsp3) is 0.263. The third kappa shape index (κ3) is 2.77. The zero-order valence-electron chi connectivity index (χ0n) is 12.8. The van der Waals surface area contributed by atoms with Crippen molar-refractivity contribution in [3.05, 3.63) is 58.6 Å². The lowest BCUT2D eigenvalue weighted by molar-refractivity contribution is 0.748. The van der Waals surface area contributed by atoms with Gasteiger partial charge in [-0.2, -0.15) is 0 Å². The molecule has 0 aliphatic heterocycles. The van der Waals surface area contributed by atoms with Gasteiger partial charge in [0, 0.05) is 16.1 Å². The number of H-pyrrole nitrogens is 1. The average molecular weight is 313 g/mol. The number of hydrogen-bond donors (Lipinski definition) is 2. The molecule has 0 aliphatic rings. The molecule has 3 aromatic rings. The number of aryl methyl sites for hydroxylation is 2. The summed E-state index contributed by atoms with van der Waals surface area (Å²) < 4.78 is 0. The van der Waals surface area contributed by atoms with Gasteiger partial charge in [-0.3, -0.25) is 0 Å². The van der Waals surface area contributed by atoms with Crippen molar-refractivity contribution >= 4 is 22.5 Å². The van der Waals surface area contributed by atoms with Crippen LogP contribution in [0.2, 0.25) is 5.02 Å². The van der Waals surface area contributed by atoms with Crippen LogP contribution in [-0.4, -0.2) is 11.5 Å². The SMILES string of the molecule is Cc1c(Cl)ccc2c(CCCCN)c(-c3ccccc3)[nH]c12. The molecule has 0 unspecified atom stereocenters. The quantitative estimate of drug-likeness (QED) is 0.634. The Morgan fingerprint density at radius 3 is 2.55 bits per heavy atom. The number of nitrogens with one attached hydrogen (secondary N) is 1. The summed E-state index contributed by atoms with van der Waals surface area (Å²) in [6.45, 7) is 2.81. The number of hydrogen-bond acceptors (Lipinski definition) is 1. The van der Waals surface area contributed by atoms with Crippen molar-refractivity contribution in [1.82, 2.24) is 4.98 Å². The summed E-state index contributed by atoms with van der Waals surface area (Å²) in [6, 6.07) is 14.6. The van der Waals surface area contributed by atoms with Crippen LogP contribution in [-0.2, 0) is 6.42 Å². The van der Waals surface area contributed by atoms with Gasteiger partial charge in [-0.05, 0) is 55.5 Å². The summed E-state index contributed by atoms with van der Waals surface area (Å²) in [5, 5.41) is 2.08. The molecule has 2 aromatic carbocycles. The minimum atomic E-state index is 0.744. The van der Waals surface area contributed by atoms with E-state index in [1.165, 1.54) is 22.2 Å². The van der Waals surface area contributed by atoms with Crippen LogP contribution in [0.5, 0.6) is 0 Å². The monoisotopic (exact) mass is 312 g/mol. The predicted octanol–water partition coefficient (Wildman–Crippen LogP) is 5.08. The van der Waals surface area contributed by atoms with Gasteiger partial charge in [0.15, 0.2) is 0 Å². The van der Waals surface area contributed by atoms with Crippen LogP contribution in [0.15, 0.2) is 42.5 Å². The van der Waals surface area contributed by atoms with Gasteiger partial charge in [-0.15, -0.1) is 0 Å². The Morgan fingerprint density at radius 2 is 1.82 bits per heavy atom. The molecule has 114 valence electrons. The summed E-state index contributed by atoms with van der Waals surface area (Å²) in [4.78, 5) is 3.60. The number of nitrogens with two attached hydrogens (primary N) is 1. The van der Waals surface area contributed by atoms with E-state index in [-0.39, 0.29) is 0 Å². The summed E-state index contributed by atoms with van der Waals surface area (Å²) in [5.74, 6) is 0. The van der Waals surface area contributed by atoms with E-state index < -0.39 is 0 Å². The second-order valence-electron chi connectivity index (χ2n) is 5.69. The molecular weight excluding hydrogens is 292 g/mol. The molecule has 0 fully saturated rings. The van der Waals surface area contributed by atoms with Crippen molar-refractivity contribution in [2.45, 2.75) is 26.2 Å². The number of aromatic amines is 1. The molecule has 0 bridgehead atoms. The van der Waals surface area contributed by atoms with E-state index in [1.54, 1.807) is 0 Å². The number of unbranched alkanes of at least 4 members (excludes halogenated alkanes) is 1. The third-order valence-corrected chi connectivity index (χ3v) is 4.63. The first kappa shape index (κ1) is 15.1. The molecule has 22 heavy (non-hydrogen) atoms. The highest BCUT2D eigenvalue weighted by molar-refractivity contribution is 6.32. The lowest BCUT2D eigenvalue weighted by Crippen LogP contribution is -1.99. The summed E-state index contributed by atoms with van der Waals surface area (Å²) in [6.07, 6.45) is 3.18. The first-order valence-electron chi connectivity index (χ1n) is 7.77. The second-order valence-corrected chi connectivity index (χ2v) is 6.09. The third-order valence-electron chi connectivity index (χ3n) is 4.22. The summed E-state index contributed by atoms with van der Waals surface area (Å²) in [5.41, 5.74) is 11.7. The van der Waals surface area contributed by atoms with Crippen LogP contribution in [0, 0.1) is 6.92 Å². The van der Waals surface area contributed by atoms with Crippen LogP contribution in [0.3, 0.4) is 0 Å². The van der Waals surface area contributed by atoms with Gasteiger partial charge in [-0.1, -0.05) is 48.0 Å². The Balaban J connectivity index is 2.16. The maximum Gasteiger partial charge on any atom is 0.0506 e. The molecule has 1 aromatic heterocycles. The van der Waals surface area contributed by atoms with Gasteiger partial charge in [0.25, 0.3) is 0 Å². The topological polar surface area (TPSA) is 41.8 Å². The maximum absolute atomic E-state index is 6.29. The lowest BCUT2D eigenvalue weighted by Gasteiger charge is -2.05. The first-order valence-corrected chi connectivity index (χ1v) is 8.15. The van der Waals surface area contributed by atoms with Crippen LogP contribution in [0.4, 0.5) is 0 Å². The Morgan fingerprint density at radius 1 is 1.05 bits per heavy atom. The largest absolute Gasteiger partial charge is 0.354 e. The molecule has 2 nitrogen and oxygen atoms in total. The lowest BCUT2D eigenvalue weighted by atomic mass is 9.99. The summed E-state index contributed by atoms with van der Waals surface area (Å²) >= 11 is 6.29. The molecule has 0 radical (unpaired) electrons. The molecule has 3 heteroatoms. The maximum atomic E-state index is 6.29. The van der Waals surface area contributed by atoms with Crippen molar-refractivity contribution < 1.29 is 0 Å². The minimum absolute atomic E-state index is 0.744. The number of halogens is 1. The van der Waals surface area contributed by atoms with Gasteiger partial charge >= 0.3 is 0 Å². The van der Waals surface area contributed by atoms with Crippen molar-refractivity contribution in [2.75, 3.05) is 6.54 Å². The van der Waals surface area contributed by atoms with E-state index in [0.717, 1.165) is 41.9 Å². The Hall–Kier alpha value is -1.77. The minimum Gasteiger partial charge on any atom is -0.354 e. The van der Waals surface area contributed by atoms with Crippen LogP contribution >= 0.6 is 11.6 Å². The molecule has 0 atom stereocenters. The molecular formula is C19H21ClN2. The van der Waals surface area contributed by atoms with Crippen LogP contribution in [0.25, 0.3) is 22.2 Å². The van der Waals surface area contributed by atoms with Crippen LogP contribution < -0.4 is 5.73 Å². The van der Waals surface area contributed by atoms with Crippen molar-refractivity contribution in [3.63, 3.8) is 0 Å². The van der Waals surface area contributed by atoms with Gasteiger partial charge in [0.2, 0.25) is 0 Å². The van der Waals surface area contributed by atoms with Crippen molar-refractivity contribution in [3.8, 4) is 11.3 Å². The Bertz CT molecular complexity index is 775. The van der Waals surface area contributed by atoms with Crippen molar-refractivity contribution in [1.29, 1.82) is 0 Å². The zero-order chi connectivity index (χ0) is 15.5. The molecule has 0 aliphatic carbocycles. The highest BCUT2D eigenvalue weighted by Gasteiger charge is 2.15. The smallest absolute Gasteiger partial charge is 0.0506 e. The number of aromatic nitrogens is 1. The van der Waals surface area contributed by atoms with Gasteiger partial charge < -0.3 is 10.7 Å². The summed E-state index contributed by atoms with van der Waals surface area (Å²) in [7, 11) is 0. The standard InChI is InChI=1S/C19H21ClN2/c1-13-17(20)11-10-16-15(9-5-6-12-21)19(22-18(13)16)14-7-3-2-4-8-14/h2-4,7-8,10-11,22H,5-6,9,12,21H2,1H3. The normalized spacial score (nSPS) is 11.2. The number of fused-ring (bicyclic) bond motifs is 1. The molecule has 3 rings (SSSR count). The molecule has 3 N–H and O–H groups in total. The first-order chi connectivity index (χ1) is 10.7. The van der Waals surface area contributed by atoms with Crippen LogP contribution in [0.1, 0.15) is 24.0 Å². The van der Waals surface area contributed by atoms with E-state index in [9.17, 15) is 0 Å². The highest BCUT2D eigenvalue weighted by Crippen LogP contribution is 2.35. The molecule has 0 saturated carbocycles. The Kier molecular flexibility index (Phi) is 4.51. The second kappa shape index (κ2) is 6.55. The van der Waals surface area contributed by atoms with Gasteiger partial charge in [0.05, 0.1) is 5.52 Å². The highest BCUT2D eigenvalue weighted by atomic mass is 35.5. The van der Waals surface area contributed by atoms with E-state index >= 15 is 0 Å². The molecule has 0 spiro atoms. The van der Waals surface area contributed by atoms with E-state index in [4.69, 9.17) is 17.3 Å². The zero-order valence-corrected chi connectivity index (χ0v) is 13.6. The van der Waals surface area contributed by atoms with Gasteiger partial charge in [0.1, 0.15) is 0 Å². The predicted molar refractivity (Wildman–Crippen MR) is 95.5 cm³/mol. The fourth-order valence-electron chi connectivity index (χ4n) is 2.99. The van der Waals surface area contributed by atoms with E-state index in [0.29, 0.717) is 0 Å². The molecule has 0 saturated heterocycles. The van der Waals surface area contributed by atoms with Crippen molar-refractivity contribution in [2.24, 2.45) is 5.73 Å². The number of rotatable bonds is 5. The van der Waals surface area contributed by atoms with E-state index in [2.05, 4.69) is 42.2 Å². The fourth-order valence-corrected chi connectivity index (χ4v) is 3.15.